The van der Waals surface area contributed by atoms with Gasteiger partial charge in [0.15, 0.2) is 4.99 Å². The molecule has 7 heteroatoms. The lowest BCUT2D eigenvalue weighted by molar-refractivity contribution is -0.120. The number of rotatable bonds is 4. The maximum absolute atomic E-state index is 11.1. The van der Waals surface area contributed by atoms with Crippen LogP contribution in [0.15, 0.2) is 5.10 Å². The van der Waals surface area contributed by atoms with E-state index < -0.39 is 10.9 Å². The number of amides is 2. The maximum atomic E-state index is 11.1. The SMILES string of the molecule is CC(C)=NNC1(CC(N)=O)NC(=O)CS1. The van der Waals surface area contributed by atoms with Crippen molar-refractivity contribution in [2.24, 2.45) is 10.8 Å². The zero-order valence-corrected chi connectivity index (χ0v) is 9.48. The van der Waals surface area contributed by atoms with Crippen LogP contribution in [0.5, 0.6) is 0 Å². The average Bonchev–Trinajstić information content (AvgIpc) is 2.44. The van der Waals surface area contributed by atoms with Gasteiger partial charge in [-0.2, -0.15) is 5.10 Å². The molecule has 0 saturated carbocycles. The van der Waals surface area contributed by atoms with E-state index in [1.54, 1.807) is 0 Å². The molecule has 2 amide bonds. The number of hydrogen-bond acceptors (Lipinski definition) is 5. The Bertz CT molecular complexity index is 314. The third kappa shape index (κ3) is 3.43. The van der Waals surface area contributed by atoms with Gasteiger partial charge in [-0.05, 0) is 13.8 Å². The molecule has 0 aliphatic carbocycles. The van der Waals surface area contributed by atoms with Gasteiger partial charge in [0.25, 0.3) is 0 Å². The number of hydrazone groups is 1. The minimum absolute atomic E-state index is 0.0141. The van der Waals surface area contributed by atoms with Crippen molar-refractivity contribution in [1.29, 1.82) is 0 Å². The first kappa shape index (κ1) is 11.8. The minimum Gasteiger partial charge on any atom is -0.370 e. The van der Waals surface area contributed by atoms with E-state index in [0.29, 0.717) is 5.75 Å². The fraction of sp³-hybridized carbons (Fsp3) is 0.625. The van der Waals surface area contributed by atoms with Gasteiger partial charge >= 0.3 is 0 Å². The van der Waals surface area contributed by atoms with E-state index in [4.69, 9.17) is 5.73 Å². The molecule has 4 N–H and O–H groups in total. The first-order valence-corrected chi connectivity index (χ1v) is 5.43. The van der Waals surface area contributed by atoms with Crippen LogP contribution < -0.4 is 16.5 Å². The zero-order chi connectivity index (χ0) is 11.5. The lowest BCUT2D eigenvalue weighted by atomic mass is 10.3. The molecule has 0 aromatic heterocycles. The van der Waals surface area contributed by atoms with Crippen LogP contribution >= 0.6 is 11.8 Å². The van der Waals surface area contributed by atoms with Crippen LogP contribution in [0.2, 0.25) is 0 Å². The van der Waals surface area contributed by atoms with Crippen LogP contribution in [0, 0.1) is 0 Å². The van der Waals surface area contributed by atoms with Gasteiger partial charge in [-0.15, -0.1) is 11.8 Å². The van der Waals surface area contributed by atoms with E-state index in [-0.39, 0.29) is 12.3 Å². The Kier molecular flexibility index (Phi) is 3.57. The maximum Gasteiger partial charge on any atom is 0.232 e. The Morgan fingerprint density at radius 3 is 2.80 bits per heavy atom. The lowest BCUT2D eigenvalue weighted by Gasteiger charge is -2.26. The molecule has 1 saturated heterocycles. The topological polar surface area (TPSA) is 96.6 Å². The van der Waals surface area contributed by atoms with Crippen molar-refractivity contribution in [2.45, 2.75) is 25.3 Å². The number of hydrogen-bond donors (Lipinski definition) is 3. The van der Waals surface area contributed by atoms with Crippen molar-refractivity contribution in [3.8, 4) is 0 Å². The first-order valence-electron chi connectivity index (χ1n) is 4.45. The second-order valence-electron chi connectivity index (χ2n) is 3.48. The Morgan fingerprint density at radius 2 is 2.40 bits per heavy atom. The summed E-state index contributed by atoms with van der Waals surface area (Å²) in [5, 5.41) is 6.65. The zero-order valence-electron chi connectivity index (χ0n) is 8.66. The molecule has 1 rings (SSSR count). The summed E-state index contributed by atoms with van der Waals surface area (Å²) in [4.78, 5) is 21.1. The summed E-state index contributed by atoms with van der Waals surface area (Å²) in [6.45, 7) is 3.62. The fourth-order valence-corrected chi connectivity index (χ4v) is 2.12. The van der Waals surface area contributed by atoms with E-state index in [2.05, 4.69) is 15.8 Å². The van der Waals surface area contributed by atoms with E-state index >= 15 is 0 Å². The molecule has 0 aromatic carbocycles. The highest BCUT2D eigenvalue weighted by Crippen LogP contribution is 2.28. The molecule has 84 valence electrons. The van der Waals surface area contributed by atoms with Crippen LogP contribution in [0.1, 0.15) is 20.3 Å². The summed E-state index contributed by atoms with van der Waals surface area (Å²) in [6.07, 6.45) is 0.0141. The monoisotopic (exact) mass is 230 g/mol. The van der Waals surface area contributed by atoms with Gasteiger partial charge in [-0.1, -0.05) is 0 Å². The second kappa shape index (κ2) is 4.52. The van der Waals surface area contributed by atoms with Crippen molar-refractivity contribution >= 4 is 29.3 Å². The highest BCUT2D eigenvalue weighted by atomic mass is 32.2. The summed E-state index contributed by atoms with van der Waals surface area (Å²) in [5.41, 5.74) is 8.70. The van der Waals surface area contributed by atoms with Crippen LogP contribution in [-0.4, -0.2) is 28.3 Å². The normalized spacial score (nSPS) is 24.5. The molecule has 15 heavy (non-hydrogen) atoms. The Morgan fingerprint density at radius 1 is 1.73 bits per heavy atom. The van der Waals surface area contributed by atoms with Crippen LogP contribution in [-0.2, 0) is 9.59 Å². The summed E-state index contributed by atoms with van der Waals surface area (Å²) in [5.74, 6) is -0.308. The third-order valence-corrected chi connectivity index (χ3v) is 2.91. The van der Waals surface area contributed by atoms with Gasteiger partial charge < -0.3 is 11.1 Å². The molecule has 1 fully saturated rings. The molecule has 1 atom stereocenters. The quantitative estimate of drug-likeness (QED) is 0.442. The summed E-state index contributed by atoms with van der Waals surface area (Å²) in [6, 6.07) is 0. The molecule has 0 bridgehead atoms. The van der Waals surface area contributed by atoms with E-state index in [1.807, 2.05) is 13.8 Å². The molecule has 6 nitrogen and oxygen atoms in total. The van der Waals surface area contributed by atoms with Gasteiger partial charge in [0, 0.05) is 5.71 Å². The van der Waals surface area contributed by atoms with Gasteiger partial charge in [0.2, 0.25) is 11.8 Å². The smallest absolute Gasteiger partial charge is 0.232 e. The van der Waals surface area contributed by atoms with Crippen molar-refractivity contribution in [3.63, 3.8) is 0 Å². The number of nitrogens with one attached hydrogen (secondary N) is 2. The Balaban J connectivity index is 2.73. The molecule has 1 aliphatic rings. The van der Waals surface area contributed by atoms with Crippen molar-refractivity contribution in [1.82, 2.24) is 10.7 Å². The number of carbonyl (C=O) groups is 2. The first-order chi connectivity index (χ1) is 6.93. The minimum atomic E-state index is -0.875. The van der Waals surface area contributed by atoms with E-state index in [9.17, 15) is 9.59 Å². The highest BCUT2D eigenvalue weighted by molar-refractivity contribution is 8.01. The number of nitrogens with two attached hydrogens (primary N) is 1. The summed E-state index contributed by atoms with van der Waals surface area (Å²) in [7, 11) is 0. The fourth-order valence-electron chi connectivity index (χ4n) is 1.13. The molecular weight excluding hydrogens is 216 g/mol. The van der Waals surface area contributed by atoms with Gasteiger partial charge in [0.05, 0.1) is 12.2 Å². The number of carbonyl (C=O) groups excluding carboxylic acids is 2. The van der Waals surface area contributed by atoms with Crippen LogP contribution in [0.3, 0.4) is 0 Å². The van der Waals surface area contributed by atoms with Crippen molar-refractivity contribution in [2.75, 3.05) is 5.75 Å². The predicted molar refractivity (Wildman–Crippen MR) is 59.1 cm³/mol. The van der Waals surface area contributed by atoms with Crippen molar-refractivity contribution in [3.05, 3.63) is 0 Å². The van der Waals surface area contributed by atoms with Gasteiger partial charge in [-0.25, -0.2) is 0 Å². The second-order valence-corrected chi connectivity index (χ2v) is 4.75. The number of primary amides is 1. The number of nitrogens with zero attached hydrogens (tertiary/aromatic N) is 1. The molecule has 0 spiro atoms. The highest BCUT2D eigenvalue weighted by Gasteiger charge is 2.40. The Labute approximate surface area is 92.0 Å². The molecule has 0 radical (unpaired) electrons. The van der Waals surface area contributed by atoms with E-state index in [1.165, 1.54) is 11.8 Å². The lowest BCUT2D eigenvalue weighted by Crippen LogP contribution is -2.52. The summed E-state index contributed by atoms with van der Waals surface area (Å²) >= 11 is 1.29. The Hall–Kier alpha value is -1.24. The van der Waals surface area contributed by atoms with E-state index in [0.717, 1.165) is 5.71 Å². The molecule has 1 unspecified atom stereocenters. The third-order valence-electron chi connectivity index (χ3n) is 1.67. The molecular formula is C8H14N4O2S. The largest absolute Gasteiger partial charge is 0.370 e. The van der Waals surface area contributed by atoms with Crippen LogP contribution in [0.25, 0.3) is 0 Å². The molecule has 1 aliphatic heterocycles. The van der Waals surface area contributed by atoms with Gasteiger partial charge in [0.1, 0.15) is 0 Å². The standard InChI is InChI=1S/C8H14N4O2S/c1-5(2)11-12-8(3-6(9)13)10-7(14)4-15-8/h12H,3-4H2,1-2H3,(H2,9,13)(H,10,14). The average molecular weight is 230 g/mol. The summed E-state index contributed by atoms with van der Waals surface area (Å²) < 4.78 is 0. The van der Waals surface area contributed by atoms with Gasteiger partial charge in [-0.3, -0.25) is 15.0 Å². The number of thioether (sulfide) groups is 1. The predicted octanol–water partition coefficient (Wildman–Crippen LogP) is -0.636. The molecule has 0 aromatic rings. The van der Waals surface area contributed by atoms with Crippen molar-refractivity contribution < 1.29 is 9.59 Å². The molecule has 1 heterocycles. The van der Waals surface area contributed by atoms with Crippen LogP contribution in [0.4, 0.5) is 0 Å².